The van der Waals surface area contributed by atoms with Gasteiger partial charge >= 0.3 is 0 Å². The van der Waals surface area contributed by atoms with E-state index in [1.165, 1.54) is 16.7 Å². The molecule has 0 aliphatic carbocycles. The minimum atomic E-state index is -0.342. The minimum Gasteiger partial charge on any atom is -0.458 e. The monoisotopic (exact) mass is 1020 g/mol. The summed E-state index contributed by atoms with van der Waals surface area (Å²) in [6.45, 7) is 19.1. The van der Waals surface area contributed by atoms with Crippen LogP contribution in [0.1, 0.15) is 95.7 Å². The van der Waals surface area contributed by atoms with Crippen molar-refractivity contribution in [2.24, 2.45) is 0 Å². The van der Waals surface area contributed by atoms with E-state index in [0.29, 0.717) is 51.2 Å². The highest BCUT2D eigenvalue weighted by Gasteiger charge is 2.49. The van der Waals surface area contributed by atoms with Gasteiger partial charge in [-0.1, -0.05) is 111 Å². The van der Waals surface area contributed by atoms with Crippen LogP contribution >= 0.6 is 11.9 Å². The summed E-state index contributed by atoms with van der Waals surface area (Å²) in [5, 5.41) is 31.6. The molecular formula is C64H50B3N5O4S. The molecule has 13 heteroatoms. The van der Waals surface area contributed by atoms with Crippen molar-refractivity contribution in [2.45, 2.75) is 78.6 Å². The molecule has 0 saturated carbocycles. The molecule has 8 aromatic rings. The Morgan fingerprint density at radius 1 is 0.377 bits per heavy atom. The first-order chi connectivity index (χ1) is 36.8. The maximum absolute atomic E-state index is 10.9. The second kappa shape index (κ2) is 16.1. The lowest BCUT2D eigenvalue weighted by Gasteiger charge is -2.45. The van der Waals surface area contributed by atoms with Crippen LogP contribution in [0, 0.1) is 34.0 Å². The predicted molar refractivity (Wildman–Crippen MR) is 313 cm³/mol. The van der Waals surface area contributed by atoms with Gasteiger partial charge < -0.3 is 23.8 Å². The second-order valence-electron chi connectivity index (χ2n) is 24.3. The van der Waals surface area contributed by atoms with Crippen LogP contribution in [-0.2, 0) is 16.2 Å². The highest BCUT2D eigenvalue weighted by molar-refractivity contribution is 8.00. The van der Waals surface area contributed by atoms with Crippen molar-refractivity contribution in [1.29, 1.82) is 15.8 Å². The zero-order valence-corrected chi connectivity index (χ0v) is 45.4. The summed E-state index contributed by atoms with van der Waals surface area (Å²) in [6.07, 6.45) is 2.08. The Morgan fingerprint density at radius 2 is 0.766 bits per heavy atom. The molecule has 0 saturated heterocycles. The van der Waals surface area contributed by atoms with Crippen molar-refractivity contribution in [3.63, 3.8) is 0 Å². The van der Waals surface area contributed by atoms with Crippen LogP contribution in [0.15, 0.2) is 121 Å². The number of nitrogens with zero attached hydrogens (tertiary/aromatic N) is 5. The topological polar surface area (TPSA) is 115 Å². The SMILES string of the molecule is CSN1c2cc3c(cc2B2c4cc5c(cc4N(c4ccc(C(C)(C)C)cc4)c4cc(C#N)cc1c42)Oc1cc(C#N)cc2c1B5c1cc(C(C)(C)C)ccc1O2)B1c2cc(C(C)(C)C)ccc2Oc2cc(C#N)cc(c21)O3. The molecule has 0 radical (unpaired) electrons. The number of ether oxygens (including phenoxy) is 4. The van der Waals surface area contributed by atoms with E-state index in [9.17, 15) is 15.8 Å². The van der Waals surface area contributed by atoms with Gasteiger partial charge in [0.15, 0.2) is 0 Å². The fourth-order valence-electron chi connectivity index (χ4n) is 12.7. The van der Waals surface area contributed by atoms with E-state index >= 15 is 0 Å². The number of benzene rings is 8. The third-order valence-corrected chi connectivity index (χ3v) is 17.3. The molecule has 370 valence electrons. The lowest BCUT2D eigenvalue weighted by atomic mass is 9.29. The van der Waals surface area contributed by atoms with Crippen molar-refractivity contribution in [1.82, 2.24) is 0 Å². The van der Waals surface area contributed by atoms with Crippen LogP contribution < -0.4 is 77.3 Å². The molecule has 0 atom stereocenters. The summed E-state index contributed by atoms with van der Waals surface area (Å²) in [6, 6.07) is 49.6. The molecule has 0 amide bonds. The van der Waals surface area contributed by atoms with E-state index < -0.39 is 0 Å². The zero-order chi connectivity index (χ0) is 53.4. The lowest BCUT2D eigenvalue weighted by Crippen LogP contribution is -2.65. The summed E-state index contributed by atoms with van der Waals surface area (Å²) in [7, 11) is 0. The van der Waals surface area contributed by atoms with Gasteiger partial charge in [-0.2, -0.15) is 15.8 Å². The van der Waals surface area contributed by atoms with Crippen LogP contribution in [0.2, 0.25) is 0 Å². The van der Waals surface area contributed by atoms with Gasteiger partial charge in [0.1, 0.15) is 46.0 Å². The van der Waals surface area contributed by atoms with Gasteiger partial charge in [-0.3, -0.25) is 4.31 Å². The summed E-state index contributed by atoms with van der Waals surface area (Å²) < 4.78 is 29.8. The quantitative estimate of drug-likeness (QED) is 0.123. The zero-order valence-electron chi connectivity index (χ0n) is 44.6. The van der Waals surface area contributed by atoms with Gasteiger partial charge in [0.05, 0.1) is 46.3 Å². The molecule has 0 fully saturated rings. The number of hydrogen-bond acceptors (Lipinski definition) is 10. The molecule has 0 unspecified atom stereocenters. The van der Waals surface area contributed by atoms with Crippen LogP contribution in [0.3, 0.4) is 0 Å². The number of nitriles is 3. The largest absolute Gasteiger partial charge is 0.458 e. The fraction of sp³-hybridized carbons (Fsp3) is 0.203. The average Bonchev–Trinajstić information content (AvgIpc) is 3.56. The molecule has 0 spiro atoms. The molecule has 0 N–H and O–H groups in total. The summed E-state index contributed by atoms with van der Waals surface area (Å²) in [5.41, 5.74) is 18.4. The standard InChI is InChI=1S/C64H50B3N5O4S/c1-62(2,3)37-11-15-40(16-12-37)71-47-29-53-45(66-43-25-38(63(4,5)6)13-17-51(43)73-55-21-35(32-69)23-57(75-53)60(55)66)27-41(47)65-42-28-46-54(30-48(42)72(77-10)50-20-34(31-68)19-49(71)59(50)65)76-58-24-36(33-70)22-56-61(58)67(46)44-26-39(64(7,8)9)14-18-52(44)74-56/h11-30H,1-10H3. The molecule has 8 aromatic carbocycles. The number of anilines is 5. The van der Waals surface area contributed by atoms with Gasteiger partial charge in [0.2, 0.25) is 0 Å². The van der Waals surface area contributed by atoms with E-state index in [-0.39, 0.29) is 36.4 Å². The Balaban J connectivity index is 1.07. The Morgan fingerprint density at radius 3 is 1.22 bits per heavy atom. The van der Waals surface area contributed by atoms with Crippen LogP contribution in [-0.4, -0.2) is 26.4 Å². The second-order valence-corrected chi connectivity index (χ2v) is 25.0. The first kappa shape index (κ1) is 47.1. The van der Waals surface area contributed by atoms with Gasteiger partial charge in [-0.05, 0) is 144 Å². The number of fused-ring (bicyclic) bond motifs is 12. The Bertz CT molecular complexity index is 4140. The van der Waals surface area contributed by atoms with E-state index in [0.717, 1.165) is 89.1 Å². The fourth-order valence-corrected chi connectivity index (χ4v) is 13.4. The normalized spacial score (nSPS) is 14.4. The van der Waals surface area contributed by atoms with Crippen molar-refractivity contribution >= 4 is 110 Å². The third-order valence-electron chi connectivity index (χ3n) is 16.5. The van der Waals surface area contributed by atoms with E-state index in [4.69, 9.17) is 18.9 Å². The highest BCUT2D eigenvalue weighted by Crippen LogP contribution is 2.48. The van der Waals surface area contributed by atoms with Gasteiger partial charge in [0, 0.05) is 46.4 Å². The van der Waals surface area contributed by atoms with Gasteiger partial charge in [-0.15, -0.1) is 0 Å². The Kier molecular flexibility index (Phi) is 9.81. The maximum Gasteiger partial charge on any atom is 0.260 e. The summed E-state index contributed by atoms with van der Waals surface area (Å²) in [5.74, 6) is 5.29. The smallest absolute Gasteiger partial charge is 0.260 e. The van der Waals surface area contributed by atoms with E-state index in [1.54, 1.807) is 11.9 Å². The minimum absolute atomic E-state index is 0.0817. The summed E-state index contributed by atoms with van der Waals surface area (Å²) in [4.78, 5) is 2.31. The first-order valence-electron chi connectivity index (χ1n) is 26.2. The predicted octanol–water partition coefficient (Wildman–Crippen LogP) is 9.68. The maximum atomic E-state index is 10.9. The first-order valence-corrected chi connectivity index (χ1v) is 27.4. The highest BCUT2D eigenvalue weighted by atomic mass is 32.2. The van der Waals surface area contributed by atoms with Gasteiger partial charge in [-0.25, -0.2) is 0 Å². The molecule has 77 heavy (non-hydrogen) atoms. The van der Waals surface area contributed by atoms with Crippen molar-refractivity contribution in [3.8, 4) is 64.2 Å². The summed E-state index contributed by atoms with van der Waals surface area (Å²) >= 11 is 1.59. The van der Waals surface area contributed by atoms with E-state index in [2.05, 4.69) is 181 Å². The lowest BCUT2D eigenvalue weighted by molar-refractivity contribution is 0.463. The number of rotatable bonds is 2. The molecule has 6 heterocycles. The van der Waals surface area contributed by atoms with Crippen LogP contribution in [0.5, 0.6) is 46.0 Å². The van der Waals surface area contributed by atoms with E-state index in [1.807, 2.05) is 36.4 Å². The average molecular weight is 1020 g/mol. The molecule has 0 aromatic heterocycles. The van der Waals surface area contributed by atoms with Crippen LogP contribution in [0.4, 0.5) is 28.4 Å². The Labute approximate surface area is 455 Å². The van der Waals surface area contributed by atoms with Crippen molar-refractivity contribution in [2.75, 3.05) is 15.5 Å². The number of hydrogen-bond donors (Lipinski definition) is 0. The molecular weight excluding hydrogens is 967 g/mol. The molecule has 0 bridgehead atoms. The van der Waals surface area contributed by atoms with Crippen molar-refractivity contribution < 1.29 is 18.9 Å². The van der Waals surface area contributed by atoms with Crippen LogP contribution in [0.25, 0.3) is 0 Å². The van der Waals surface area contributed by atoms with Gasteiger partial charge in [0.25, 0.3) is 20.1 Å². The Hall–Kier alpha value is -8.43. The molecule has 6 aliphatic rings. The third kappa shape index (κ3) is 6.88. The van der Waals surface area contributed by atoms with Crippen molar-refractivity contribution in [3.05, 3.63) is 155 Å². The molecule has 9 nitrogen and oxygen atoms in total. The molecule has 6 aliphatic heterocycles. The molecule has 14 rings (SSSR count).